The fourth-order valence-electron chi connectivity index (χ4n) is 4.64. The molecule has 0 aromatic heterocycles. The topological polar surface area (TPSA) is 58.2 Å². The van der Waals surface area contributed by atoms with E-state index in [9.17, 15) is 9.00 Å². The van der Waals surface area contributed by atoms with Gasteiger partial charge in [0.2, 0.25) is 5.91 Å². The summed E-state index contributed by atoms with van der Waals surface area (Å²) in [5.74, 6) is 1.52. The Bertz CT molecular complexity index is 423. The molecule has 3 aliphatic rings. The van der Waals surface area contributed by atoms with E-state index in [1.54, 1.807) is 0 Å². The van der Waals surface area contributed by atoms with Crippen LogP contribution in [-0.2, 0) is 15.6 Å². The van der Waals surface area contributed by atoms with Crippen LogP contribution in [0, 0.1) is 5.92 Å². The van der Waals surface area contributed by atoms with E-state index in [-0.39, 0.29) is 24.4 Å². The molecule has 2 N–H and O–H groups in total. The zero-order valence-corrected chi connectivity index (χ0v) is 15.7. The molecule has 23 heavy (non-hydrogen) atoms. The zero-order chi connectivity index (χ0) is 15.5. The van der Waals surface area contributed by atoms with Gasteiger partial charge in [-0.2, -0.15) is 0 Å². The van der Waals surface area contributed by atoms with E-state index in [0.29, 0.717) is 29.7 Å². The van der Waals surface area contributed by atoms with Crippen molar-refractivity contribution < 1.29 is 9.00 Å². The van der Waals surface area contributed by atoms with Gasteiger partial charge >= 0.3 is 0 Å². The van der Waals surface area contributed by atoms with Crippen molar-refractivity contribution in [2.24, 2.45) is 5.92 Å². The van der Waals surface area contributed by atoms with Gasteiger partial charge in [0.25, 0.3) is 0 Å². The summed E-state index contributed by atoms with van der Waals surface area (Å²) in [7, 11) is -0.716. The van der Waals surface area contributed by atoms with Crippen molar-refractivity contribution in [3.05, 3.63) is 0 Å². The summed E-state index contributed by atoms with van der Waals surface area (Å²) < 4.78 is 12.0. The smallest absolute Gasteiger partial charge is 0.220 e. The van der Waals surface area contributed by atoms with E-state index in [2.05, 4.69) is 10.6 Å². The third kappa shape index (κ3) is 5.17. The molecule has 5 atom stereocenters. The highest BCUT2D eigenvalue weighted by Gasteiger charge is 2.34. The van der Waals surface area contributed by atoms with Gasteiger partial charge in [0.15, 0.2) is 0 Å². The molecule has 134 valence electrons. The molecular weight excluding hydrogens is 332 g/mol. The zero-order valence-electron chi connectivity index (χ0n) is 14.1. The van der Waals surface area contributed by atoms with Crippen molar-refractivity contribution in [1.82, 2.24) is 10.6 Å². The number of halogens is 1. The molecule has 2 aliphatic heterocycles. The number of carbonyl (C=O) groups is 1. The van der Waals surface area contributed by atoms with Gasteiger partial charge in [0, 0.05) is 46.3 Å². The third-order valence-corrected chi connectivity index (χ3v) is 7.43. The lowest BCUT2D eigenvalue weighted by Gasteiger charge is -2.31. The van der Waals surface area contributed by atoms with Gasteiger partial charge in [0.05, 0.1) is 0 Å². The van der Waals surface area contributed by atoms with Crippen LogP contribution in [0.25, 0.3) is 0 Å². The quantitative estimate of drug-likeness (QED) is 0.790. The summed E-state index contributed by atoms with van der Waals surface area (Å²) >= 11 is 0. The Labute approximate surface area is 148 Å². The first-order valence-electron chi connectivity index (χ1n) is 9.06. The van der Waals surface area contributed by atoms with Gasteiger partial charge in [0.1, 0.15) is 0 Å². The van der Waals surface area contributed by atoms with Crippen molar-refractivity contribution in [3.63, 3.8) is 0 Å². The fourth-order valence-corrected chi connectivity index (χ4v) is 5.99. The predicted molar refractivity (Wildman–Crippen MR) is 97.4 cm³/mol. The van der Waals surface area contributed by atoms with Crippen molar-refractivity contribution in [3.8, 4) is 0 Å². The number of hydrogen-bond acceptors (Lipinski definition) is 3. The van der Waals surface area contributed by atoms with Crippen molar-refractivity contribution >= 4 is 29.1 Å². The van der Waals surface area contributed by atoms with Crippen LogP contribution < -0.4 is 10.6 Å². The van der Waals surface area contributed by atoms with E-state index in [0.717, 1.165) is 44.3 Å². The van der Waals surface area contributed by atoms with Crippen molar-refractivity contribution in [2.45, 2.75) is 88.1 Å². The van der Waals surface area contributed by atoms with Crippen LogP contribution in [0.3, 0.4) is 0 Å². The largest absolute Gasteiger partial charge is 0.353 e. The molecule has 2 heterocycles. The highest BCUT2D eigenvalue weighted by atomic mass is 35.5. The Hall–Kier alpha value is -0.130. The summed E-state index contributed by atoms with van der Waals surface area (Å²) in [6.45, 7) is 1.99. The maximum Gasteiger partial charge on any atom is 0.220 e. The van der Waals surface area contributed by atoms with Gasteiger partial charge < -0.3 is 10.6 Å². The molecule has 1 saturated carbocycles. The Kier molecular flexibility index (Phi) is 7.36. The van der Waals surface area contributed by atoms with Crippen LogP contribution in [0.1, 0.15) is 64.7 Å². The maximum absolute atomic E-state index is 12.4. The van der Waals surface area contributed by atoms with Gasteiger partial charge in [-0.1, -0.05) is 13.3 Å². The van der Waals surface area contributed by atoms with E-state index in [4.69, 9.17) is 0 Å². The summed E-state index contributed by atoms with van der Waals surface area (Å²) in [6, 6.07) is 1.56. The minimum Gasteiger partial charge on any atom is -0.353 e. The van der Waals surface area contributed by atoms with Gasteiger partial charge in [-0.05, 0) is 50.9 Å². The van der Waals surface area contributed by atoms with E-state index >= 15 is 0 Å². The third-order valence-electron chi connectivity index (χ3n) is 5.69. The fraction of sp³-hybridized carbons (Fsp3) is 0.941. The summed E-state index contributed by atoms with van der Waals surface area (Å²) in [4.78, 5) is 12.4. The highest BCUT2D eigenvalue weighted by molar-refractivity contribution is 7.85. The molecule has 0 spiro atoms. The minimum absolute atomic E-state index is 0. The SMILES string of the molecule is CCS(=O)C1CCCC(NC(=O)CC2CC3CCC(C2)N3)C1.Cl. The van der Waals surface area contributed by atoms with Crippen LogP contribution in [0.5, 0.6) is 0 Å². The molecule has 2 bridgehead atoms. The summed E-state index contributed by atoms with van der Waals surface area (Å²) in [6.07, 6.45) is 9.71. The number of nitrogens with one attached hydrogen (secondary N) is 2. The van der Waals surface area contributed by atoms with Crippen LogP contribution in [0.2, 0.25) is 0 Å². The minimum atomic E-state index is -0.716. The van der Waals surface area contributed by atoms with Gasteiger partial charge in [-0.15, -0.1) is 12.4 Å². The lowest BCUT2D eigenvalue weighted by molar-refractivity contribution is -0.123. The average molecular weight is 363 g/mol. The molecule has 4 nitrogen and oxygen atoms in total. The van der Waals surface area contributed by atoms with Crippen molar-refractivity contribution in [2.75, 3.05) is 5.75 Å². The highest BCUT2D eigenvalue weighted by Crippen LogP contribution is 2.32. The Morgan fingerprint density at radius 1 is 1.13 bits per heavy atom. The normalized spacial score (nSPS) is 37.7. The second-order valence-electron chi connectivity index (χ2n) is 7.40. The number of amides is 1. The monoisotopic (exact) mass is 362 g/mol. The van der Waals surface area contributed by atoms with Crippen LogP contribution in [0.4, 0.5) is 0 Å². The number of carbonyl (C=O) groups excluding carboxylic acids is 1. The molecule has 0 aromatic carbocycles. The lowest BCUT2D eigenvalue weighted by Crippen LogP contribution is -2.43. The van der Waals surface area contributed by atoms with Crippen LogP contribution in [-0.4, -0.2) is 39.2 Å². The van der Waals surface area contributed by atoms with Crippen LogP contribution in [0.15, 0.2) is 0 Å². The molecule has 1 aliphatic carbocycles. The average Bonchev–Trinajstić information content (AvgIpc) is 2.85. The first kappa shape index (κ1) is 19.2. The second-order valence-corrected chi connectivity index (χ2v) is 9.41. The summed E-state index contributed by atoms with van der Waals surface area (Å²) in [5.41, 5.74) is 0. The molecular formula is C17H31ClN2O2S. The van der Waals surface area contributed by atoms with E-state index < -0.39 is 10.8 Å². The first-order chi connectivity index (χ1) is 10.6. The lowest BCUT2D eigenvalue weighted by atomic mass is 9.89. The predicted octanol–water partition coefficient (Wildman–Crippen LogP) is 2.52. The Balaban J connectivity index is 0.00000192. The molecule has 0 aromatic rings. The Morgan fingerprint density at radius 3 is 2.48 bits per heavy atom. The standard InChI is InChI=1S/C17H30N2O2S.ClH/c1-2-22(21)16-5-3-4-13(11-16)19-17(20)10-12-8-14-6-7-15(9-12)18-14;/h12-16,18H,2-11H2,1H3,(H,19,20);1H. The van der Waals surface area contributed by atoms with Gasteiger partial charge in [-0.25, -0.2) is 0 Å². The molecule has 0 radical (unpaired) electrons. The molecule has 3 fully saturated rings. The van der Waals surface area contributed by atoms with E-state index in [1.807, 2.05) is 6.92 Å². The van der Waals surface area contributed by atoms with Gasteiger partial charge in [-0.3, -0.25) is 9.00 Å². The first-order valence-corrected chi connectivity index (χ1v) is 10.4. The number of piperidine rings is 1. The Morgan fingerprint density at radius 2 is 1.83 bits per heavy atom. The molecule has 3 rings (SSSR count). The van der Waals surface area contributed by atoms with Crippen molar-refractivity contribution in [1.29, 1.82) is 0 Å². The number of fused-ring (bicyclic) bond motifs is 2. The molecule has 6 heteroatoms. The summed E-state index contributed by atoms with van der Waals surface area (Å²) in [5, 5.41) is 7.16. The molecule has 2 saturated heterocycles. The number of rotatable bonds is 5. The maximum atomic E-state index is 12.4. The van der Waals surface area contributed by atoms with E-state index in [1.165, 1.54) is 12.8 Å². The second kappa shape index (κ2) is 8.82. The molecule has 5 unspecified atom stereocenters. The molecule has 1 amide bonds. The number of hydrogen-bond donors (Lipinski definition) is 2. The van der Waals surface area contributed by atoms with Crippen LogP contribution >= 0.6 is 12.4 Å².